The second-order valence-corrected chi connectivity index (χ2v) is 7.07. The summed E-state index contributed by atoms with van der Waals surface area (Å²) in [6.45, 7) is 6.04. The molecule has 1 heterocycles. The summed E-state index contributed by atoms with van der Waals surface area (Å²) in [6.07, 6.45) is 1.69. The van der Waals surface area contributed by atoms with Crippen LogP contribution in [0.15, 0.2) is 60.0 Å². The number of thioether (sulfide) groups is 1. The smallest absolute Gasteiger partial charge is 0.196 e. The first-order valence-electron chi connectivity index (χ1n) is 7.80. The van der Waals surface area contributed by atoms with E-state index in [1.807, 2.05) is 41.8 Å². The van der Waals surface area contributed by atoms with Gasteiger partial charge in [0.2, 0.25) is 0 Å². The summed E-state index contributed by atoms with van der Waals surface area (Å²) >= 11 is 1.43. The molecule has 0 N–H and O–H groups in total. The van der Waals surface area contributed by atoms with E-state index in [2.05, 4.69) is 42.2 Å². The molecule has 1 atom stereocenters. The van der Waals surface area contributed by atoms with Crippen LogP contribution < -0.4 is 0 Å². The Labute approximate surface area is 145 Å². The van der Waals surface area contributed by atoms with Crippen molar-refractivity contribution >= 4 is 17.5 Å². The van der Waals surface area contributed by atoms with Gasteiger partial charge >= 0.3 is 0 Å². The van der Waals surface area contributed by atoms with Gasteiger partial charge in [-0.3, -0.25) is 9.36 Å². The summed E-state index contributed by atoms with van der Waals surface area (Å²) in [5, 5.41) is 8.71. The van der Waals surface area contributed by atoms with Crippen LogP contribution in [0.4, 0.5) is 0 Å². The second kappa shape index (κ2) is 7.01. The molecule has 0 saturated heterocycles. The molecule has 0 radical (unpaired) electrons. The largest absolute Gasteiger partial charge is 0.293 e. The minimum absolute atomic E-state index is 0.0933. The minimum Gasteiger partial charge on any atom is -0.293 e. The van der Waals surface area contributed by atoms with E-state index < -0.39 is 0 Å². The molecule has 0 aliphatic rings. The van der Waals surface area contributed by atoms with Crippen LogP contribution >= 0.6 is 11.8 Å². The van der Waals surface area contributed by atoms with Crippen LogP contribution in [0.2, 0.25) is 0 Å². The fourth-order valence-electron chi connectivity index (χ4n) is 2.59. The summed E-state index contributed by atoms with van der Waals surface area (Å²) in [4.78, 5) is 12.6. The van der Waals surface area contributed by atoms with Gasteiger partial charge in [-0.2, -0.15) is 0 Å². The molecule has 122 valence electrons. The van der Waals surface area contributed by atoms with E-state index in [9.17, 15) is 4.79 Å². The lowest BCUT2D eigenvalue weighted by molar-refractivity contribution is 0.0994. The van der Waals surface area contributed by atoms with Gasteiger partial charge in [0.25, 0.3) is 0 Å². The van der Waals surface area contributed by atoms with Gasteiger partial charge in [0, 0.05) is 5.56 Å². The lowest BCUT2D eigenvalue weighted by atomic mass is 10.1. The molecule has 5 heteroatoms. The van der Waals surface area contributed by atoms with Crippen LogP contribution in [0.5, 0.6) is 0 Å². The third-order valence-corrected chi connectivity index (χ3v) is 4.89. The van der Waals surface area contributed by atoms with Crippen LogP contribution in [0, 0.1) is 13.8 Å². The van der Waals surface area contributed by atoms with E-state index in [0.29, 0.717) is 0 Å². The van der Waals surface area contributed by atoms with Crippen LogP contribution in [-0.2, 0) is 0 Å². The fraction of sp³-hybridized carbons (Fsp3) is 0.211. The van der Waals surface area contributed by atoms with Crippen LogP contribution in [0.25, 0.3) is 5.69 Å². The van der Waals surface area contributed by atoms with Crippen molar-refractivity contribution in [2.75, 3.05) is 0 Å². The summed E-state index contributed by atoms with van der Waals surface area (Å²) in [5.74, 6) is 0.0933. The normalized spacial score (nSPS) is 12.1. The lowest BCUT2D eigenvalue weighted by Gasteiger charge is -2.13. The van der Waals surface area contributed by atoms with E-state index >= 15 is 0 Å². The molecule has 2 aromatic carbocycles. The molecule has 24 heavy (non-hydrogen) atoms. The third kappa shape index (κ3) is 3.41. The number of ketones is 1. The van der Waals surface area contributed by atoms with Gasteiger partial charge in [-0.05, 0) is 32.4 Å². The van der Waals surface area contributed by atoms with Crippen molar-refractivity contribution in [1.82, 2.24) is 14.8 Å². The maximum Gasteiger partial charge on any atom is 0.196 e. The average Bonchev–Trinajstić information content (AvgIpc) is 3.03. The van der Waals surface area contributed by atoms with Gasteiger partial charge in [0.1, 0.15) is 6.33 Å². The Morgan fingerprint density at radius 1 is 1.12 bits per heavy atom. The first-order valence-corrected chi connectivity index (χ1v) is 8.68. The highest BCUT2D eigenvalue weighted by Gasteiger charge is 2.20. The molecule has 0 aliphatic heterocycles. The number of hydrogen-bond donors (Lipinski definition) is 0. The molecular weight excluding hydrogens is 318 g/mol. The number of aryl methyl sites for hydroxylation is 2. The molecule has 1 unspecified atom stereocenters. The highest BCUT2D eigenvalue weighted by Crippen LogP contribution is 2.27. The van der Waals surface area contributed by atoms with Crippen LogP contribution in [0.3, 0.4) is 0 Å². The standard InChI is InChI=1S/C19H19N3OS/c1-13-9-10-17(14(2)11-13)22-12-20-21-19(22)24-15(3)18(23)16-7-5-4-6-8-16/h4-12,15H,1-3H3. The van der Waals surface area contributed by atoms with Crippen molar-refractivity contribution in [3.8, 4) is 5.69 Å². The zero-order valence-corrected chi connectivity index (χ0v) is 14.7. The number of aromatic nitrogens is 3. The molecular formula is C19H19N3OS. The Hall–Kier alpha value is -2.40. The van der Waals surface area contributed by atoms with Gasteiger partial charge < -0.3 is 0 Å². The predicted octanol–water partition coefficient (Wildman–Crippen LogP) is 4.25. The number of hydrogen-bond acceptors (Lipinski definition) is 4. The van der Waals surface area contributed by atoms with Gasteiger partial charge in [-0.25, -0.2) is 0 Å². The fourth-order valence-corrected chi connectivity index (χ4v) is 3.51. The monoisotopic (exact) mass is 337 g/mol. The first-order chi connectivity index (χ1) is 11.6. The number of Topliss-reactive ketones (excluding diaryl/α,β-unsaturated/α-hetero) is 1. The molecule has 0 amide bonds. The zero-order chi connectivity index (χ0) is 17.1. The Balaban J connectivity index is 1.84. The molecule has 1 aromatic heterocycles. The molecule has 0 fully saturated rings. The molecule has 3 aromatic rings. The Bertz CT molecular complexity index is 858. The van der Waals surface area contributed by atoms with E-state index in [1.54, 1.807) is 6.33 Å². The van der Waals surface area contributed by atoms with Gasteiger partial charge in [0.15, 0.2) is 10.9 Å². The van der Waals surface area contributed by atoms with Gasteiger partial charge in [0.05, 0.1) is 10.9 Å². The SMILES string of the molecule is Cc1ccc(-n2cnnc2SC(C)C(=O)c2ccccc2)c(C)c1. The van der Waals surface area contributed by atoms with E-state index in [1.165, 1.54) is 17.3 Å². The summed E-state index contributed by atoms with van der Waals surface area (Å²) < 4.78 is 1.94. The summed E-state index contributed by atoms with van der Waals surface area (Å²) in [7, 11) is 0. The van der Waals surface area contributed by atoms with Crippen molar-refractivity contribution in [3.63, 3.8) is 0 Å². The van der Waals surface area contributed by atoms with Crippen molar-refractivity contribution in [2.45, 2.75) is 31.2 Å². The maximum atomic E-state index is 12.6. The Morgan fingerprint density at radius 3 is 2.58 bits per heavy atom. The van der Waals surface area contributed by atoms with Crippen LogP contribution in [-0.4, -0.2) is 25.8 Å². The van der Waals surface area contributed by atoms with Gasteiger partial charge in [-0.1, -0.05) is 59.8 Å². The topological polar surface area (TPSA) is 47.8 Å². The number of carbonyl (C=O) groups excluding carboxylic acids is 1. The highest BCUT2D eigenvalue weighted by molar-refractivity contribution is 8.00. The number of nitrogens with zero attached hydrogens (tertiary/aromatic N) is 3. The quantitative estimate of drug-likeness (QED) is 0.516. The van der Waals surface area contributed by atoms with Gasteiger partial charge in [-0.15, -0.1) is 10.2 Å². The van der Waals surface area contributed by atoms with Crippen molar-refractivity contribution in [2.24, 2.45) is 0 Å². The summed E-state index contributed by atoms with van der Waals surface area (Å²) in [6, 6.07) is 15.6. The molecule has 3 rings (SSSR count). The predicted molar refractivity (Wildman–Crippen MR) is 96.9 cm³/mol. The average molecular weight is 337 g/mol. The van der Waals surface area contributed by atoms with E-state index in [-0.39, 0.29) is 11.0 Å². The molecule has 0 spiro atoms. The first kappa shape index (κ1) is 16.5. The third-order valence-electron chi connectivity index (χ3n) is 3.84. The van der Waals surface area contributed by atoms with Crippen LogP contribution in [0.1, 0.15) is 28.4 Å². The molecule has 0 aliphatic carbocycles. The van der Waals surface area contributed by atoms with Crippen molar-refractivity contribution < 1.29 is 4.79 Å². The maximum absolute atomic E-state index is 12.6. The molecule has 0 saturated carbocycles. The van der Waals surface area contributed by atoms with E-state index in [0.717, 1.165) is 22.0 Å². The highest BCUT2D eigenvalue weighted by atomic mass is 32.2. The summed E-state index contributed by atoms with van der Waals surface area (Å²) in [5.41, 5.74) is 4.12. The number of rotatable bonds is 5. The zero-order valence-electron chi connectivity index (χ0n) is 13.9. The van der Waals surface area contributed by atoms with E-state index in [4.69, 9.17) is 0 Å². The number of benzene rings is 2. The van der Waals surface area contributed by atoms with Crippen molar-refractivity contribution in [1.29, 1.82) is 0 Å². The molecule has 4 nitrogen and oxygen atoms in total. The molecule has 0 bridgehead atoms. The van der Waals surface area contributed by atoms with Crippen molar-refractivity contribution in [3.05, 3.63) is 71.5 Å². The second-order valence-electron chi connectivity index (χ2n) is 5.76. The Kier molecular flexibility index (Phi) is 4.81. The lowest BCUT2D eigenvalue weighted by Crippen LogP contribution is -2.14. The minimum atomic E-state index is -0.235. The Morgan fingerprint density at radius 2 is 1.88 bits per heavy atom. The number of carbonyl (C=O) groups is 1.